The molecule has 1 aliphatic rings. The van der Waals surface area contributed by atoms with Crippen molar-refractivity contribution >= 4 is 5.52 Å². The summed E-state index contributed by atoms with van der Waals surface area (Å²) in [5.41, 5.74) is 2.97. The van der Waals surface area contributed by atoms with Crippen LogP contribution in [-0.4, -0.2) is 35.0 Å². The zero-order valence-corrected chi connectivity index (χ0v) is 12.5. The normalized spacial score (nSPS) is 18.4. The topological polar surface area (TPSA) is 43.5 Å². The summed E-state index contributed by atoms with van der Waals surface area (Å²) in [6.45, 7) is 6.34. The van der Waals surface area contributed by atoms with Crippen molar-refractivity contribution in [3.05, 3.63) is 41.7 Å². The molecule has 4 heteroatoms. The number of rotatable bonds is 5. The Labute approximate surface area is 126 Å². The van der Waals surface area contributed by atoms with E-state index in [4.69, 9.17) is 0 Å². The Morgan fingerprint density at radius 1 is 1.48 bits per heavy atom. The van der Waals surface area contributed by atoms with E-state index in [0.29, 0.717) is 6.04 Å². The molecule has 0 radical (unpaired) electrons. The van der Waals surface area contributed by atoms with E-state index in [9.17, 15) is 5.26 Å². The highest BCUT2D eigenvalue weighted by Crippen LogP contribution is 2.21. The molecule has 1 aliphatic heterocycles. The summed E-state index contributed by atoms with van der Waals surface area (Å²) in [5, 5.41) is 13.0. The van der Waals surface area contributed by atoms with Gasteiger partial charge in [-0.05, 0) is 38.1 Å². The molecule has 21 heavy (non-hydrogen) atoms. The Bertz CT molecular complexity index is 646. The molecule has 0 aromatic carbocycles. The molecule has 0 bridgehead atoms. The van der Waals surface area contributed by atoms with Gasteiger partial charge in [0.2, 0.25) is 0 Å². The van der Waals surface area contributed by atoms with Crippen LogP contribution >= 0.6 is 0 Å². The van der Waals surface area contributed by atoms with Gasteiger partial charge in [-0.15, -0.1) is 0 Å². The van der Waals surface area contributed by atoms with E-state index in [1.165, 1.54) is 6.42 Å². The smallest absolute Gasteiger partial charge is 0.102 e. The van der Waals surface area contributed by atoms with Crippen molar-refractivity contribution in [1.82, 2.24) is 14.6 Å². The van der Waals surface area contributed by atoms with Crippen LogP contribution < -0.4 is 5.32 Å². The van der Waals surface area contributed by atoms with Crippen molar-refractivity contribution in [2.75, 3.05) is 19.6 Å². The SMILES string of the molecule is CCCN(Cc1cn2ccccc2c1C#N)C1CCNC1. The Hall–Kier alpha value is -1.83. The molecule has 3 heterocycles. The van der Waals surface area contributed by atoms with E-state index in [1.807, 2.05) is 24.4 Å². The largest absolute Gasteiger partial charge is 0.322 e. The van der Waals surface area contributed by atoms with Crippen LogP contribution in [0.1, 0.15) is 30.9 Å². The van der Waals surface area contributed by atoms with Crippen LogP contribution in [0.4, 0.5) is 0 Å². The second kappa shape index (κ2) is 6.30. The minimum atomic E-state index is 0.597. The molecule has 0 saturated carbocycles. The quantitative estimate of drug-likeness (QED) is 0.915. The highest BCUT2D eigenvalue weighted by Gasteiger charge is 2.23. The van der Waals surface area contributed by atoms with Gasteiger partial charge in [-0.1, -0.05) is 13.0 Å². The van der Waals surface area contributed by atoms with Crippen molar-refractivity contribution in [1.29, 1.82) is 5.26 Å². The maximum atomic E-state index is 9.52. The molecule has 0 spiro atoms. The first-order valence-electron chi connectivity index (χ1n) is 7.77. The first kappa shape index (κ1) is 14.1. The molecule has 1 N–H and O–H groups in total. The highest BCUT2D eigenvalue weighted by molar-refractivity contribution is 5.65. The molecule has 2 aromatic heterocycles. The fraction of sp³-hybridized carbons (Fsp3) is 0.471. The van der Waals surface area contributed by atoms with Crippen LogP contribution in [0.3, 0.4) is 0 Å². The van der Waals surface area contributed by atoms with Gasteiger partial charge in [-0.25, -0.2) is 0 Å². The van der Waals surface area contributed by atoms with E-state index in [2.05, 4.69) is 33.8 Å². The second-order valence-electron chi connectivity index (χ2n) is 5.75. The van der Waals surface area contributed by atoms with Gasteiger partial charge in [0.25, 0.3) is 0 Å². The molecule has 0 amide bonds. The number of nitrogens with one attached hydrogen (secondary N) is 1. The van der Waals surface area contributed by atoms with E-state index in [1.54, 1.807) is 0 Å². The number of aromatic nitrogens is 1. The van der Waals surface area contributed by atoms with Crippen LogP contribution in [0.2, 0.25) is 0 Å². The average Bonchev–Trinajstić information content (AvgIpc) is 3.14. The first-order valence-corrected chi connectivity index (χ1v) is 7.77. The molecule has 1 saturated heterocycles. The summed E-state index contributed by atoms with van der Waals surface area (Å²) in [7, 11) is 0. The van der Waals surface area contributed by atoms with Gasteiger partial charge in [0.15, 0.2) is 0 Å². The van der Waals surface area contributed by atoms with Crippen molar-refractivity contribution in [3.63, 3.8) is 0 Å². The third kappa shape index (κ3) is 2.80. The second-order valence-corrected chi connectivity index (χ2v) is 5.75. The zero-order valence-electron chi connectivity index (χ0n) is 12.5. The molecule has 4 nitrogen and oxygen atoms in total. The Kier molecular flexibility index (Phi) is 4.23. The summed E-state index contributed by atoms with van der Waals surface area (Å²) in [4.78, 5) is 2.52. The van der Waals surface area contributed by atoms with Crippen LogP contribution in [0.5, 0.6) is 0 Å². The van der Waals surface area contributed by atoms with Gasteiger partial charge in [0, 0.05) is 37.1 Å². The minimum Gasteiger partial charge on any atom is -0.322 e. The fourth-order valence-corrected chi connectivity index (χ4v) is 3.27. The monoisotopic (exact) mass is 282 g/mol. The maximum Gasteiger partial charge on any atom is 0.102 e. The number of nitriles is 1. The lowest BCUT2D eigenvalue weighted by Gasteiger charge is -2.27. The van der Waals surface area contributed by atoms with E-state index < -0.39 is 0 Å². The van der Waals surface area contributed by atoms with Gasteiger partial charge in [0.05, 0.1) is 11.1 Å². The molecule has 1 atom stereocenters. The molecular formula is C17H22N4. The molecule has 110 valence electrons. The summed E-state index contributed by atoms with van der Waals surface area (Å²) >= 11 is 0. The van der Waals surface area contributed by atoms with Crippen molar-refractivity contribution in [2.45, 2.75) is 32.4 Å². The number of hydrogen-bond donors (Lipinski definition) is 1. The van der Waals surface area contributed by atoms with E-state index in [0.717, 1.165) is 49.2 Å². The van der Waals surface area contributed by atoms with Crippen LogP contribution in [-0.2, 0) is 6.54 Å². The molecule has 3 rings (SSSR count). The van der Waals surface area contributed by atoms with E-state index >= 15 is 0 Å². The molecule has 2 aromatic rings. The highest BCUT2D eigenvalue weighted by atomic mass is 15.2. The Balaban J connectivity index is 1.90. The lowest BCUT2D eigenvalue weighted by atomic mass is 10.1. The third-order valence-electron chi connectivity index (χ3n) is 4.31. The van der Waals surface area contributed by atoms with E-state index in [-0.39, 0.29) is 0 Å². The summed E-state index contributed by atoms with van der Waals surface area (Å²) in [5.74, 6) is 0. The molecule has 1 fully saturated rings. The fourth-order valence-electron chi connectivity index (χ4n) is 3.27. The van der Waals surface area contributed by atoms with Gasteiger partial charge >= 0.3 is 0 Å². The molecular weight excluding hydrogens is 260 g/mol. The average molecular weight is 282 g/mol. The Morgan fingerprint density at radius 2 is 2.38 bits per heavy atom. The van der Waals surface area contributed by atoms with Crippen molar-refractivity contribution in [2.24, 2.45) is 0 Å². The third-order valence-corrected chi connectivity index (χ3v) is 4.31. The van der Waals surface area contributed by atoms with Gasteiger partial charge < -0.3 is 9.72 Å². The summed E-state index contributed by atoms with van der Waals surface area (Å²) in [6.07, 6.45) is 6.47. The number of nitrogens with zero attached hydrogens (tertiary/aromatic N) is 3. The predicted molar refractivity (Wildman–Crippen MR) is 84.1 cm³/mol. The van der Waals surface area contributed by atoms with Crippen LogP contribution in [0, 0.1) is 11.3 Å². The maximum absolute atomic E-state index is 9.52. The van der Waals surface area contributed by atoms with Crippen molar-refractivity contribution < 1.29 is 0 Å². The van der Waals surface area contributed by atoms with Crippen molar-refractivity contribution in [3.8, 4) is 6.07 Å². The number of fused-ring (bicyclic) bond motifs is 1. The molecule has 1 unspecified atom stereocenters. The zero-order chi connectivity index (χ0) is 14.7. The lowest BCUT2D eigenvalue weighted by molar-refractivity contribution is 0.199. The summed E-state index contributed by atoms with van der Waals surface area (Å²) < 4.78 is 2.06. The first-order chi connectivity index (χ1) is 10.3. The minimum absolute atomic E-state index is 0.597. The van der Waals surface area contributed by atoms with Gasteiger partial charge in [-0.2, -0.15) is 5.26 Å². The predicted octanol–water partition coefficient (Wildman–Crippen LogP) is 2.38. The lowest BCUT2D eigenvalue weighted by Crippen LogP contribution is -2.37. The Morgan fingerprint density at radius 3 is 3.10 bits per heavy atom. The number of pyridine rings is 1. The summed E-state index contributed by atoms with van der Waals surface area (Å²) in [6, 6.07) is 9.00. The number of hydrogen-bond acceptors (Lipinski definition) is 3. The van der Waals surface area contributed by atoms with Gasteiger partial charge in [0.1, 0.15) is 6.07 Å². The standard InChI is InChI=1S/C17H22N4/c1-2-8-20(15-6-7-19-11-15)12-14-13-21-9-4-3-5-17(21)16(14)10-18/h3-5,9,13,15,19H,2,6-8,11-12H2,1H3. The van der Waals surface area contributed by atoms with Gasteiger partial charge in [-0.3, -0.25) is 4.90 Å². The van der Waals surface area contributed by atoms with Crippen LogP contribution in [0.25, 0.3) is 5.52 Å². The molecule has 0 aliphatic carbocycles. The van der Waals surface area contributed by atoms with Crippen LogP contribution in [0.15, 0.2) is 30.6 Å².